The highest BCUT2D eigenvalue weighted by Gasteiger charge is 2.36. The van der Waals surface area contributed by atoms with Crippen molar-refractivity contribution < 1.29 is 9.59 Å². The molecule has 0 heterocycles. The van der Waals surface area contributed by atoms with E-state index in [1.165, 1.54) is 0 Å². The van der Waals surface area contributed by atoms with E-state index in [0.717, 1.165) is 11.1 Å². The summed E-state index contributed by atoms with van der Waals surface area (Å²) in [6.07, 6.45) is 0. The second kappa shape index (κ2) is 7.18. The molecule has 0 aromatic heterocycles. The van der Waals surface area contributed by atoms with Gasteiger partial charge in [-0.15, -0.1) is 0 Å². The van der Waals surface area contributed by atoms with Gasteiger partial charge < -0.3 is 10.6 Å². The van der Waals surface area contributed by atoms with Gasteiger partial charge in [-0.3, -0.25) is 9.59 Å². The van der Waals surface area contributed by atoms with Gasteiger partial charge in [-0.05, 0) is 57.5 Å². The summed E-state index contributed by atoms with van der Waals surface area (Å²) in [5.74, 6) is -0.835. The maximum atomic E-state index is 12.6. The largest absolute Gasteiger partial charge is 0.325 e. The Morgan fingerprint density at radius 1 is 1.00 bits per heavy atom. The summed E-state index contributed by atoms with van der Waals surface area (Å²) in [4.78, 5) is 25.2. The minimum Gasteiger partial charge on any atom is -0.325 e. The van der Waals surface area contributed by atoms with E-state index >= 15 is 0 Å². The van der Waals surface area contributed by atoms with Crippen molar-refractivity contribution in [3.05, 3.63) is 59.2 Å². The summed E-state index contributed by atoms with van der Waals surface area (Å²) < 4.78 is 0. The third-order valence-corrected chi connectivity index (χ3v) is 4.01. The SMILES string of the molecule is Cc1ccc(NC(=O)C(C)(C)C(=O)Nc2cccc(C#N)c2)c(C)c1. The highest BCUT2D eigenvalue weighted by molar-refractivity contribution is 6.14. The number of rotatable bonds is 4. The van der Waals surface area contributed by atoms with Crippen LogP contribution >= 0.6 is 0 Å². The average molecular weight is 335 g/mol. The van der Waals surface area contributed by atoms with Gasteiger partial charge in [-0.25, -0.2) is 0 Å². The highest BCUT2D eigenvalue weighted by atomic mass is 16.2. The molecule has 0 aliphatic rings. The second-order valence-electron chi connectivity index (χ2n) is 6.54. The molecule has 2 amide bonds. The lowest BCUT2D eigenvalue weighted by molar-refractivity contribution is -0.135. The van der Waals surface area contributed by atoms with E-state index in [0.29, 0.717) is 16.9 Å². The molecule has 25 heavy (non-hydrogen) atoms. The molecule has 0 aliphatic carbocycles. The Hall–Kier alpha value is -3.13. The van der Waals surface area contributed by atoms with Crippen LogP contribution in [-0.4, -0.2) is 11.8 Å². The smallest absolute Gasteiger partial charge is 0.239 e. The molecule has 2 N–H and O–H groups in total. The minimum atomic E-state index is -1.28. The van der Waals surface area contributed by atoms with Crippen LogP contribution in [0.2, 0.25) is 0 Å². The van der Waals surface area contributed by atoms with Crippen molar-refractivity contribution >= 4 is 23.2 Å². The Bertz CT molecular complexity index is 863. The average Bonchev–Trinajstić information content (AvgIpc) is 2.57. The lowest BCUT2D eigenvalue weighted by Gasteiger charge is -2.23. The van der Waals surface area contributed by atoms with Crippen molar-refractivity contribution in [1.82, 2.24) is 0 Å². The van der Waals surface area contributed by atoms with Crippen LogP contribution < -0.4 is 10.6 Å². The van der Waals surface area contributed by atoms with Gasteiger partial charge in [0.05, 0.1) is 11.6 Å². The molecule has 0 aliphatic heterocycles. The number of benzene rings is 2. The maximum absolute atomic E-state index is 12.6. The van der Waals surface area contributed by atoms with Crippen LogP contribution in [0.15, 0.2) is 42.5 Å². The van der Waals surface area contributed by atoms with E-state index in [1.54, 1.807) is 38.1 Å². The topological polar surface area (TPSA) is 82.0 Å². The first kappa shape index (κ1) is 18.2. The molecular weight excluding hydrogens is 314 g/mol. The molecule has 0 atom stereocenters. The van der Waals surface area contributed by atoms with Crippen molar-refractivity contribution in [3.63, 3.8) is 0 Å². The number of anilines is 2. The molecule has 2 aromatic carbocycles. The Balaban J connectivity index is 2.14. The Morgan fingerprint density at radius 2 is 1.68 bits per heavy atom. The molecule has 0 saturated carbocycles. The van der Waals surface area contributed by atoms with Crippen LogP contribution in [0, 0.1) is 30.6 Å². The van der Waals surface area contributed by atoms with Crippen LogP contribution in [0.5, 0.6) is 0 Å². The number of carbonyl (C=O) groups excluding carboxylic acids is 2. The number of aryl methyl sites for hydroxylation is 2. The Labute approximate surface area is 147 Å². The van der Waals surface area contributed by atoms with Gasteiger partial charge in [0.25, 0.3) is 0 Å². The summed E-state index contributed by atoms with van der Waals surface area (Å²) in [6, 6.07) is 14.3. The number of nitriles is 1. The fourth-order valence-electron chi connectivity index (χ4n) is 2.29. The molecule has 5 nitrogen and oxygen atoms in total. The lowest BCUT2D eigenvalue weighted by Crippen LogP contribution is -2.41. The Morgan fingerprint density at radius 3 is 2.32 bits per heavy atom. The third kappa shape index (κ3) is 4.24. The van der Waals surface area contributed by atoms with Crippen molar-refractivity contribution in [3.8, 4) is 6.07 Å². The van der Waals surface area contributed by atoms with E-state index in [-0.39, 0.29) is 0 Å². The number of nitrogens with one attached hydrogen (secondary N) is 2. The highest BCUT2D eigenvalue weighted by Crippen LogP contribution is 2.24. The number of hydrogen-bond donors (Lipinski definition) is 2. The van der Waals surface area contributed by atoms with Gasteiger partial charge in [0.1, 0.15) is 5.41 Å². The molecule has 0 bridgehead atoms. The molecule has 2 rings (SSSR count). The standard InChI is InChI=1S/C20H21N3O2/c1-13-8-9-17(14(2)10-13)23-19(25)20(3,4)18(24)22-16-7-5-6-15(11-16)12-21/h5-11H,1-4H3,(H,22,24)(H,23,25). The van der Waals surface area contributed by atoms with Gasteiger partial charge in [0.15, 0.2) is 0 Å². The summed E-state index contributed by atoms with van der Waals surface area (Å²) >= 11 is 0. The minimum absolute atomic E-state index is 0.395. The Kier molecular flexibility index (Phi) is 5.23. The van der Waals surface area contributed by atoms with Crippen LogP contribution in [0.25, 0.3) is 0 Å². The number of carbonyl (C=O) groups is 2. The van der Waals surface area contributed by atoms with Crippen LogP contribution in [0.1, 0.15) is 30.5 Å². The molecule has 0 spiro atoms. The normalized spacial score (nSPS) is 10.7. The van der Waals surface area contributed by atoms with Gasteiger partial charge in [0, 0.05) is 11.4 Å². The van der Waals surface area contributed by atoms with Crippen LogP contribution in [0.3, 0.4) is 0 Å². The molecule has 0 radical (unpaired) electrons. The molecule has 128 valence electrons. The monoisotopic (exact) mass is 335 g/mol. The van der Waals surface area contributed by atoms with Gasteiger partial charge in [-0.1, -0.05) is 23.8 Å². The van der Waals surface area contributed by atoms with Crippen molar-refractivity contribution in [1.29, 1.82) is 5.26 Å². The fourth-order valence-corrected chi connectivity index (χ4v) is 2.29. The van der Waals surface area contributed by atoms with E-state index in [4.69, 9.17) is 5.26 Å². The third-order valence-electron chi connectivity index (χ3n) is 4.01. The molecule has 0 unspecified atom stereocenters. The number of nitrogens with zero attached hydrogens (tertiary/aromatic N) is 1. The van der Waals surface area contributed by atoms with E-state index < -0.39 is 17.2 Å². The van der Waals surface area contributed by atoms with Crippen molar-refractivity contribution in [2.75, 3.05) is 10.6 Å². The fraction of sp³-hybridized carbons (Fsp3) is 0.250. The summed E-state index contributed by atoms with van der Waals surface area (Å²) in [5.41, 5.74) is 2.37. The first-order chi connectivity index (χ1) is 11.7. The van der Waals surface area contributed by atoms with E-state index in [9.17, 15) is 9.59 Å². The van der Waals surface area contributed by atoms with Gasteiger partial charge >= 0.3 is 0 Å². The molecule has 5 heteroatoms. The maximum Gasteiger partial charge on any atom is 0.239 e. The zero-order valence-electron chi connectivity index (χ0n) is 14.8. The molecule has 0 saturated heterocycles. The zero-order valence-corrected chi connectivity index (χ0v) is 14.8. The zero-order chi connectivity index (χ0) is 18.6. The summed E-state index contributed by atoms with van der Waals surface area (Å²) in [7, 11) is 0. The number of amides is 2. The van der Waals surface area contributed by atoms with Crippen molar-refractivity contribution in [2.24, 2.45) is 5.41 Å². The lowest BCUT2D eigenvalue weighted by atomic mass is 9.90. The first-order valence-corrected chi connectivity index (χ1v) is 7.94. The first-order valence-electron chi connectivity index (χ1n) is 7.94. The second-order valence-corrected chi connectivity index (χ2v) is 6.54. The predicted octanol–water partition coefficient (Wildman–Crippen LogP) is 3.78. The van der Waals surface area contributed by atoms with Crippen molar-refractivity contribution in [2.45, 2.75) is 27.7 Å². The van der Waals surface area contributed by atoms with Gasteiger partial charge in [0.2, 0.25) is 11.8 Å². The molecule has 2 aromatic rings. The molecule has 0 fully saturated rings. The predicted molar refractivity (Wildman–Crippen MR) is 98.1 cm³/mol. The van der Waals surface area contributed by atoms with Crippen LogP contribution in [0.4, 0.5) is 11.4 Å². The molecular formula is C20H21N3O2. The summed E-state index contributed by atoms with van der Waals surface area (Å²) in [6.45, 7) is 7.01. The van der Waals surface area contributed by atoms with E-state index in [1.807, 2.05) is 38.1 Å². The van der Waals surface area contributed by atoms with E-state index in [2.05, 4.69) is 10.6 Å². The van der Waals surface area contributed by atoms with Gasteiger partial charge in [-0.2, -0.15) is 5.26 Å². The number of hydrogen-bond acceptors (Lipinski definition) is 3. The quantitative estimate of drug-likeness (QED) is 0.834. The van der Waals surface area contributed by atoms with Crippen LogP contribution in [-0.2, 0) is 9.59 Å². The summed E-state index contributed by atoms with van der Waals surface area (Å²) in [5, 5.41) is 14.4.